The summed E-state index contributed by atoms with van der Waals surface area (Å²) in [5, 5.41) is 2.93. The van der Waals surface area contributed by atoms with Gasteiger partial charge in [-0.3, -0.25) is 0 Å². The van der Waals surface area contributed by atoms with E-state index >= 15 is 0 Å². The number of unbranched alkanes of at least 4 members (excludes halogenated alkanes) is 2. The van der Waals surface area contributed by atoms with Crippen molar-refractivity contribution in [2.24, 2.45) is 0 Å². The van der Waals surface area contributed by atoms with Gasteiger partial charge in [0.15, 0.2) is 9.84 Å². The number of thioether (sulfide) groups is 1. The molecule has 0 saturated carbocycles. The van der Waals surface area contributed by atoms with Crippen molar-refractivity contribution in [3.8, 4) is 0 Å². The Labute approximate surface area is 105 Å². The van der Waals surface area contributed by atoms with Crippen molar-refractivity contribution in [2.45, 2.75) is 38.4 Å². The highest BCUT2D eigenvalue weighted by molar-refractivity contribution is 7.98. The van der Waals surface area contributed by atoms with Crippen molar-refractivity contribution >= 4 is 21.6 Å². The quantitative estimate of drug-likeness (QED) is 0.614. The summed E-state index contributed by atoms with van der Waals surface area (Å²) in [6.45, 7) is 4.99. The third-order valence-corrected chi connectivity index (χ3v) is 5.39. The van der Waals surface area contributed by atoms with Gasteiger partial charge in [-0.25, -0.2) is 8.42 Å². The van der Waals surface area contributed by atoms with Gasteiger partial charge in [0, 0.05) is 6.54 Å². The molecule has 3 nitrogen and oxygen atoms in total. The van der Waals surface area contributed by atoms with Crippen molar-refractivity contribution in [1.82, 2.24) is 5.32 Å². The van der Waals surface area contributed by atoms with Crippen molar-refractivity contribution in [2.75, 3.05) is 30.9 Å². The fourth-order valence-electron chi connectivity index (χ4n) is 1.25. The number of rotatable bonds is 10. The maximum atomic E-state index is 11.5. The molecule has 0 unspecified atom stereocenters. The first-order chi connectivity index (χ1) is 7.50. The molecule has 0 saturated heterocycles. The molecule has 0 aliphatic heterocycles. The highest BCUT2D eigenvalue weighted by Crippen LogP contribution is 2.01. The molecule has 0 rings (SSSR count). The minimum absolute atomic E-state index is 0.254. The molecule has 0 aromatic heterocycles. The van der Waals surface area contributed by atoms with Crippen LogP contribution in [0.3, 0.4) is 0 Å². The number of hydrogen-bond acceptors (Lipinski definition) is 4. The lowest BCUT2D eigenvalue weighted by molar-refractivity contribution is 0.578. The Morgan fingerprint density at radius 3 is 2.38 bits per heavy atom. The molecule has 0 aliphatic rings. The molecule has 0 amide bonds. The molecular weight excluding hydrogens is 242 g/mol. The van der Waals surface area contributed by atoms with Crippen molar-refractivity contribution < 1.29 is 8.42 Å². The average Bonchev–Trinajstić information content (AvgIpc) is 2.21. The van der Waals surface area contributed by atoms with E-state index in [9.17, 15) is 8.42 Å². The van der Waals surface area contributed by atoms with Crippen LogP contribution in [0.25, 0.3) is 0 Å². The summed E-state index contributed by atoms with van der Waals surface area (Å²) in [6, 6.07) is 0. The first kappa shape index (κ1) is 16.3. The molecule has 0 heterocycles. The molecule has 16 heavy (non-hydrogen) atoms. The summed E-state index contributed by atoms with van der Waals surface area (Å²) in [5.74, 6) is 1.48. The maximum absolute atomic E-state index is 11.5. The highest BCUT2D eigenvalue weighted by atomic mass is 32.2. The van der Waals surface area contributed by atoms with E-state index in [1.807, 2.05) is 11.8 Å². The third-order valence-electron chi connectivity index (χ3n) is 2.48. The monoisotopic (exact) mass is 267 g/mol. The largest absolute Gasteiger partial charge is 0.316 e. The predicted molar refractivity (Wildman–Crippen MR) is 74.0 cm³/mol. The first-order valence-electron chi connectivity index (χ1n) is 5.92. The summed E-state index contributed by atoms with van der Waals surface area (Å²) in [6.07, 6.45) is 5.75. The minimum atomic E-state index is -2.87. The molecule has 5 heteroatoms. The first-order valence-corrected chi connectivity index (χ1v) is 9.03. The number of hydrogen-bond donors (Lipinski definition) is 1. The van der Waals surface area contributed by atoms with E-state index in [-0.39, 0.29) is 11.0 Å². The molecule has 0 radical (unpaired) electrons. The lowest BCUT2D eigenvalue weighted by Gasteiger charge is -2.08. The Morgan fingerprint density at radius 2 is 1.81 bits per heavy atom. The van der Waals surface area contributed by atoms with Crippen LogP contribution in [-0.4, -0.2) is 44.5 Å². The SMILES string of the molecule is CSCCCCCNCCS(=O)(=O)C(C)C. The Hall–Kier alpha value is 0.260. The second-order valence-corrected chi connectivity index (χ2v) is 7.88. The van der Waals surface area contributed by atoms with Gasteiger partial charge in [-0.1, -0.05) is 6.42 Å². The van der Waals surface area contributed by atoms with E-state index in [0.29, 0.717) is 6.54 Å². The molecule has 0 atom stereocenters. The molecule has 0 fully saturated rings. The van der Waals surface area contributed by atoms with E-state index in [1.165, 1.54) is 18.6 Å². The summed E-state index contributed by atoms with van der Waals surface area (Å²) in [7, 11) is -2.87. The lowest BCUT2D eigenvalue weighted by Crippen LogP contribution is -2.27. The Bertz CT molecular complexity index is 251. The van der Waals surface area contributed by atoms with Gasteiger partial charge < -0.3 is 5.32 Å². The van der Waals surface area contributed by atoms with Gasteiger partial charge in [0.05, 0.1) is 11.0 Å². The van der Waals surface area contributed by atoms with E-state index in [0.717, 1.165) is 13.0 Å². The molecule has 0 aromatic rings. The smallest absolute Gasteiger partial charge is 0.153 e. The molecule has 0 bridgehead atoms. The van der Waals surface area contributed by atoms with Gasteiger partial charge in [-0.2, -0.15) is 11.8 Å². The molecular formula is C11H25NO2S2. The van der Waals surface area contributed by atoms with Crippen LogP contribution in [0.4, 0.5) is 0 Å². The Kier molecular flexibility index (Phi) is 9.46. The Balaban J connectivity index is 3.34. The summed E-state index contributed by atoms with van der Waals surface area (Å²) >= 11 is 1.88. The van der Waals surface area contributed by atoms with E-state index in [2.05, 4.69) is 11.6 Å². The lowest BCUT2D eigenvalue weighted by atomic mass is 10.2. The fraction of sp³-hybridized carbons (Fsp3) is 1.00. The van der Waals surface area contributed by atoms with Crippen LogP contribution in [-0.2, 0) is 9.84 Å². The van der Waals surface area contributed by atoms with Gasteiger partial charge in [-0.15, -0.1) is 0 Å². The molecule has 0 aliphatic carbocycles. The highest BCUT2D eigenvalue weighted by Gasteiger charge is 2.14. The van der Waals surface area contributed by atoms with Crippen LogP contribution >= 0.6 is 11.8 Å². The molecule has 0 spiro atoms. The van der Waals surface area contributed by atoms with Crippen molar-refractivity contribution in [3.05, 3.63) is 0 Å². The minimum Gasteiger partial charge on any atom is -0.316 e. The summed E-state index contributed by atoms with van der Waals surface area (Å²) < 4.78 is 22.9. The van der Waals surface area contributed by atoms with Crippen molar-refractivity contribution in [3.63, 3.8) is 0 Å². The van der Waals surface area contributed by atoms with E-state index in [1.54, 1.807) is 13.8 Å². The van der Waals surface area contributed by atoms with Gasteiger partial charge in [0.25, 0.3) is 0 Å². The molecule has 1 N–H and O–H groups in total. The van der Waals surface area contributed by atoms with Gasteiger partial charge in [-0.05, 0) is 45.2 Å². The van der Waals surface area contributed by atoms with E-state index < -0.39 is 9.84 Å². The predicted octanol–water partition coefficient (Wildman–Crippen LogP) is 1.93. The molecule has 98 valence electrons. The van der Waals surface area contributed by atoms with Crippen LogP contribution in [0.1, 0.15) is 33.1 Å². The van der Waals surface area contributed by atoms with Crippen LogP contribution in [0.15, 0.2) is 0 Å². The van der Waals surface area contributed by atoms with Crippen molar-refractivity contribution in [1.29, 1.82) is 0 Å². The summed E-state index contributed by atoms with van der Waals surface area (Å²) in [5.41, 5.74) is 0. The van der Waals surface area contributed by atoms with E-state index in [4.69, 9.17) is 0 Å². The average molecular weight is 267 g/mol. The second-order valence-electron chi connectivity index (χ2n) is 4.22. The number of nitrogens with one attached hydrogen (secondary N) is 1. The topological polar surface area (TPSA) is 46.2 Å². The normalized spacial score (nSPS) is 12.2. The fourth-order valence-corrected chi connectivity index (χ4v) is 2.64. The van der Waals surface area contributed by atoms with Gasteiger partial charge in [0.1, 0.15) is 0 Å². The van der Waals surface area contributed by atoms with Crippen LogP contribution < -0.4 is 5.32 Å². The second kappa shape index (κ2) is 9.31. The molecule has 0 aromatic carbocycles. The zero-order chi connectivity index (χ0) is 12.4. The Morgan fingerprint density at radius 1 is 1.12 bits per heavy atom. The summed E-state index contributed by atoms with van der Waals surface area (Å²) in [4.78, 5) is 0. The van der Waals surface area contributed by atoms with Crippen LogP contribution in [0.5, 0.6) is 0 Å². The van der Waals surface area contributed by atoms with Gasteiger partial charge >= 0.3 is 0 Å². The maximum Gasteiger partial charge on any atom is 0.153 e. The van der Waals surface area contributed by atoms with Crippen LogP contribution in [0.2, 0.25) is 0 Å². The third kappa shape index (κ3) is 8.42. The van der Waals surface area contributed by atoms with Gasteiger partial charge in [0.2, 0.25) is 0 Å². The number of sulfone groups is 1. The standard InChI is InChI=1S/C11H25NO2S2/c1-11(2)16(13,14)10-8-12-7-5-4-6-9-15-3/h11-12H,4-10H2,1-3H3. The van der Waals surface area contributed by atoms with Crippen LogP contribution in [0, 0.1) is 0 Å². The zero-order valence-electron chi connectivity index (χ0n) is 10.7. The zero-order valence-corrected chi connectivity index (χ0v) is 12.3.